The topological polar surface area (TPSA) is 55.5 Å². The van der Waals surface area contributed by atoms with E-state index in [4.69, 9.17) is 10.5 Å². The van der Waals surface area contributed by atoms with Gasteiger partial charge in [0.1, 0.15) is 5.75 Å². The van der Waals surface area contributed by atoms with Gasteiger partial charge in [-0.05, 0) is 35.9 Å². The van der Waals surface area contributed by atoms with Gasteiger partial charge in [0.25, 0.3) is 0 Å². The molecule has 0 aliphatic carbocycles. The molecule has 0 saturated carbocycles. The lowest BCUT2D eigenvalue weighted by Gasteiger charge is -2.29. The van der Waals surface area contributed by atoms with Gasteiger partial charge < -0.3 is 15.6 Å². The van der Waals surface area contributed by atoms with Crippen LogP contribution in [-0.2, 0) is 0 Å². The summed E-state index contributed by atoms with van der Waals surface area (Å²) in [6.45, 7) is 0.0337. The van der Waals surface area contributed by atoms with Gasteiger partial charge in [-0.15, -0.1) is 11.8 Å². The lowest BCUT2D eigenvalue weighted by molar-refractivity contribution is 0.245. The van der Waals surface area contributed by atoms with Crippen LogP contribution in [0.4, 0.5) is 0 Å². The van der Waals surface area contributed by atoms with Gasteiger partial charge in [-0.2, -0.15) is 0 Å². The van der Waals surface area contributed by atoms with Crippen LogP contribution in [0.25, 0.3) is 0 Å². The van der Waals surface area contributed by atoms with E-state index in [-0.39, 0.29) is 18.6 Å². The molecular weight excluding hydrogens is 222 g/mol. The van der Waals surface area contributed by atoms with Crippen LogP contribution >= 0.6 is 11.8 Å². The molecule has 1 aromatic carbocycles. The summed E-state index contributed by atoms with van der Waals surface area (Å²) in [5, 5.41) is 9.18. The molecule has 4 heteroatoms. The minimum Gasteiger partial charge on any atom is -0.497 e. The number of aliphatic hydroxyl groups is 1. The maximum atomic E-state index is 9.18. The second kappa shape index (κ2) is 5.08. The summed E-state index contributed by atoms with van der Waals surface area (Å²) in [5.41, 5.74) is 7.17. The molecule has 16 heavy (non-hydrogen) atoms. The SMILES string of the molecule is COc1ccc2c(c1)C(C(N)CO)CCS2. The third-order valence-electron chi connectivity index (χ3n) is 3.03. The zero-order chi connectivity index (χ0) is 11.5. The fourth-order valence-corrected chi connectivity index (χ4v) is 3.23. The number of fused-ring (bicyclic) bond motifs is 1. The molecular formula is C12H17NO2S. The molecule has 3 nitrogen and oxygen atoms in total. The molecule has 0 fully saturated rings. The summed E-state index contributed by atoms with van der Waals surface area (Å²) in [7, 11) is 1.67. The lowest BCUT2D eigenvalue weighted by Crippen LogP contribution is -2.33. The van der Waals surface area contributed by atoms with Crippen molar-refractivity contribution in [2.75, 3.05) is 19.5 Å². The number of rotatable bonds is 3. The predicted octanol–water partition coefficient (Wildman–Crippen LogP) is 1.59. The van der Waals surface area contributed by atoms with Gasteiger partial charge in [-0.1, -0.05) is 0 Å². The summed E-state index contributed by atoms with van der Waals surface area (Å²) in [6, 6.07) is 5.92. The van der Waals surface area contributed by atoms with E-state index in [0.717, 1.165) is 17.9 Å². The fraction of sp³-hybridized carbons (Fsp3) is 0.500. The van der Waals surface area contributed by atoms with Crippen LogP contribution in [0.2, 0.25) is 0 Å². The van der Waals surface area contributed by atoms with E-state index in [1.165, 1.54) is 10.5 Å². The Kier molecular flexibility index (Phi) is 3.74. The Bertz CT molecular complexity index is 370. The Morgan fingerprint density at radius 3 is 3.12 bits per heavy atom. The van der Waals surface area contributed by atoms with E-state index >= 15 is 0 Å². The Morgan fingerprint density at radius 2 is 2.44 bits per heavy atom. The molecule has 0 radical (unpaired) electrons. The number of ether oxygens (including phenoxy) is 1. The number of nitrogens with two attached hydrogens (primary N) is 1. The molecule has 2 atom stereocenters. The second-order valence-corrected chi connectivity index (χ2v) is 5.13. The van der Waals surface area contributed by atoms with Crippen molar-refractivity contribution in [3.63, 3.8) is 0 Å². The van der Waals surface area contributed by atoms with E-state index in [9.17, 15) is 5.11 Å². The number of benzene rings is 1. The van der Waals surface area contributed by atoms with Gasteiger partial charge in [0, 0.05) is 16.9 Å². The van der Waals surface area contributed by atoms with Gasteiger partial charge in [-0.3, -0.25) is 0 Å². The zero-order valence-corrected chi connectivity index (χ0v) is 10.2. The molecule has 0 bridgehead atoms. The van der Waals surface area contributed by atoms with Crippen LogP contribution in [0.3, 0.4) is 0 Å². The molecule has 1 aliphatic rings. The Labute approximate surface area is 100.0 Å². The first-order valence-corrected chi connectivity index (χ1v) is 6.42. The van der Waals surface area contributed by atoms with Crippen LogP contribution < -0.4 is 10.5 Å². The number of hydrogen-bond donors (Lipinski definition) is 2. The largest absolute Gasteiger partial charge is 0.497 e. The van der Waals surface area contributed by atoms with Crippen molar-refractivity contribution in [3.8, 4) is 5.75 Å². The van der Waals surface area contributed by atoms with E-state index in [1.54, 1.807) is 7.11 Å². The van der Waals surface area contributed by atoms with Gasteiger partial charge in [0.15, 0.2) is 0 Å². The first-order chi connectivity index (χ1) is 7.76. The quantitative estimate of drug-likeness (QED) is 0.841. The van der Waals surface area contributed by atoms with Crippen molar-refractivity contribution in [3.05, 3.63) is 23.8 Å². The van der Waals surface area contributed by atoms with E-state index in [1.807, 2.05) is 23.9 Å². The minimum atomic E-state index is -0.174. The molecule has 1 heterocycles. The molecule has 1 aromatic rings. The van der Waals surface area contributed by atoms with Crippen molar-refractivity contribution in [1.82, 2.24) is 0 Å². The highest BCUT2D eigenvalue weighted by molar-refractivity contribution is 7.99. The zero-order valence-electron chi connectivity index (χ0n) is 9.35. The highest BCUT2D eigenvalue weighted by Gasteiger charge is 2.26. The molecule has 88 valence electrons. The van der Waals surface area contributed by atoms with Crippen LogP contribution in [0.15, 0.2) is 23.1 Å². The third kappa shape index (κ3) is 2.19. The van der Waals surface area contributed by atoms with E-state index in [0.29, 0.717) is 0 Å². The molecule has 0 amide bonds. The van der Waals surface area contributed by atoms with E-state index in [2.05, 4.69) is 6.07 Å². The summed E-state index contributed by atoms with van der Waals surface area (Å²) >= 11 is 1.85. The van der Waals surface area contributed by atoms with Crippen LogP contribution in [0.5, 0.6) is 5.75 Å². The third-order valence-corrected chi connectivity index (χ3v) is 4.15. The molecule has 0 saturated heterocycles. The van der Waals surface area contributed by atoms with Crippen LogP contribution in [0, 0.1) is 0 Å². The average Bonchev–Trinajstić information content (AvgIpc) is 2.36. The Hall–Kier alpha value is -0.710. The molecule has 2 unspecified atom stereocenters. The van der Waals surface area contributed by atoms with Crippen molar-refractivity contribution in [1.29, 1.82) is 0 Å². The van der Waals surface area contributed by atoms with Crippen molar-refractivity contribution in [2.45, 2.75) is 23.3 Å². The van der Waals surface area contributed by atoms with Crippen LogP contribution in [0.1, 0.15) is 17.9 Å². The summed E-state index contributed by atoms with van der Waals surface area (Å²) < 4.78 is 5.23. The normalized spacial score (nSPS) is 21.3. The molecule has 0 aromatic heterocycles. The number of methoxy groups -OCH3 is 1. The summed E-state index contributed by atoms with van der Waals surface area (Å²) in [6.07, 6.45) is 1.02. The van der Waals surface area contributed by atoms with Crippen molar-refractivity contribution < 1.29 is 9.84 Å². The maximum Gasteiger partial charge on any atom is 0.119 e. The fourth-order valence-electron chi connectivity index (χ4n) is 2.10. The Balaban J connectivity index is 2.35. The molecule has 3 N–H and O–H groups in total. The molecule has 1 aliphatic heterocycles. The van der Waals surface area contributed by atoms with Gasteiger partial charge >= 0.3 is 0 Å². The first kappa shape index (κ1) is 11.8. The Morgan fingerprint density at radius 1 is 1.62 bits per heavy atom. The summed E-state index contributed by atoms with van der Waals surface area (Å²) in [4.78, 5) is 1.26. The first-order valence-electron chi connectivity index (χ1n) is 5.43. The number of hydrogen-bond acceptors (Lipinski definition) is 4. The highest BCUT2D eigenvalue weighted by Crippen LogP contribution is 2.40. The van der Waals surface area contributed by atoms with Gasteiger partial charge in [0.05, 0.1) is 13.7 Å². The van der Waals surface area contributed by atoms with Crippen molar-refractivity contribution >= 4 is 11.8 Å². The lowest BCUT2D eigenvalue weighted by atomic mass is 9.89. The number of thioether (sulfide) groups is 1. The standard InChI is InChI=1S/C12H17NO2S/c1-15-8-2-3-12-10(6-8)9(4-5-16-12)11(13)7-14/h2-3,6,9,11,14H,4-5,7,13H2,1H3. The average molecular weight is 239 g/mol. The van der Waals surface area contributed by atoms with Gasteiger partial charge in [0.2, 0.25) is 0 Å². The summed E-state index contributed by atoms with van der Waals surface area (Å²) in [5.74, 6) is 2.17. The number of aliphatic hydroxyl groups excluding tert-OH is 1. The predicted molar refractivity (Wildman–Crippen MR) is 66.1 cm³/mol. The van der Waals surface area contributed by atoms with Crippen molar-refractivity contribution in [2.24, 2.45) is 5.73 Å². The minimum absolute atomic E-state index is 0.0337. The van der Waals surface area contributed by atoms with E-state index < -0.39 is 0 Å². The molecule has 0 spiro atoms. The molecule has 2 rings (SSSR count). The maximum absolute atomic E-state index is 9.18. The second-order valence-electron chi connectivity index (χ2n) is 3.99. The highest BCUT2D eigenvalue weighted by atomic mass is 32.2. The van der Waals surface area contributed by atoms with Gasteiger partial charge in [-0.25, -0.2) is 0 Å². The smallest absolute Gasteiger partial charge is 0.119 e. The van der Waals surface area contributed by atoms with Crippen LogP contribution in [-0.4, -0.2) is 30.6 Å². The monoisotopic (exact) mass is 239 g/mol.